The summed E-state index contributed by atoms with van der Waals surface area (Å²) in [6.07, 6.45) is 6.84. The van der Waals surface area contributed by atoms with E-state index in [1.54, 1.807) is 7.05 Å². The summed E-state index contributed by atoms with van der Waals surface area (Å²) in [6.45, 7) is 1.36. The van der Waals surface area contributed by atoms with Crippen molar-refractivity contribution in [3.63, 3.8) is 0 Å². The van der Waals surface area contributed by atoms with Crippen LogP contribution in [-0.4, -0.2) is 42.9 Å². The fourth-order valence-electron chi connectivity index (χ4n) is 3.46. The molecule has 2 rings (SSSR count). The zero-order chi connectivity index (χ0) is 14.5. The Labute approximate surface area is 121 Å². The van der Waals surface area contributed by atoms with Crippen molar-refractivity contribution in [1.82, 2.24) is 10.2 Å². The summed E-state index contributed by atoms with van der Waals surface area (Å²) in [5.41, 5.74) is 6.12. The highest BCUT2D eigenvalue weighted by molar-refractivity contribution is 5.81. The van der Waals surface area contributed by atoms with Gasteiger partial charge in [-0.3, -0.25) is 9.59 Å². The van der Waals surface area contributed by atoms with E-state index in [2.05, 4.69) is 5.32 Å². The van der Waals surface area contributed by atoms with Crippen LogP contribution >= 0.6 is 0 Å². The van der Waals surface area contributed by atoms with Gasteiger partial charge in [-0.05, 0) is 31.6 Å². The first kappa shape index (κ1) is 15.3. The van der Waals surface area contributed by atoms with Gasteiger partial charge in [-0.2, -0.15) is 0 Å². The lowest BCUT2D eigenvalue weighted by Gasteiger charge is -2.34. The topological polar surface area (TPSA) is 75.4 Å². The van der Waals surface area contributed by atoms with Gasteiger partial charge >= 0.3 is 0 Å². The third-order valence-corrected chi connectivity index (χ3v) is 4.80. The molecule has 2 fully saturated rings. The summed E-state index contributed by atoms with van der Waals surface area (Å²) < 4.78 is 0. The predicted octanol–water partition coefficient (Wildman–Crippen LogP) is 0.879. The van der Waals surface area contributed by atoms with Gasteiger partial charge in [0.15, 0.2) is 0 Å². The van der Waals surface area contributed by atoms with Gasteiger partial charge in [0, 0.05) is 32.6 Å². The van der Waals surface area contributed by atoms with Crippen molar-refractivity contribution in [2.45, 2.75) is 51.0 Å². The average molecular weight is 281 g/mol. The molecule has 114 valence electrons. The van der Waals surface area contributed by atoms with E-state index >= 15 is 0 Å². The second-order valence-corrected chi connectivity index (χ2v) is 6.21. The van der Waals surface area contributed by atoms with Crippen molar-refractivity contribution >= 4 is 11.8 Å². The van der Waals surface area contributed by atoms with Crippen molar-refractivity contribution in [2.24, 2.45) is 17.6 Å². The highest BCUT2D eigenvalue weighted by atomic mass is 16.2. The fourth-order valence-corrected chi connectivity index (χ4v) is 3.46. The number of piperidine rings is 1. The summed E-state index contributed by atoms with van der Waals surface area (Å²) in [6, 6.07) is 0.173. The summed E-state index contributed by atoms with van der Waals surface area (Å²) >= 11 is 0. The van der Waals surface area contributed by atoms with Crippen LogP contribution in [0.2, 0.25) is 0 Å². The molecule has 5 heteroatoms. The molecule has 0 aromatic rings. The Morgan fingerprint density at radius 3 is 2.65 bits per heavy atom. The first-order chi connectivity index (χ1) is 9.61. The van der Waals surface area contributed by atoms with Crippen LogP contribution in [-0.2, 0) is 9.59 Å². The van der Waals surface area contributed by atoms with Gasteiger partial charge in [0.05, 0.1) is 5.92 Å². The van der Waals surface area contributed by atoms with Crippen LogP contribution in [0.4, 0.5) is 0 Å². The van der Waals surface area contributed by atoms with E-state index in [1.165, 1.54) is 12.8 Å². The fraction of sp³-hybridized carbons (Fsp3) is 0.867. The molecular weight excluding hydrogens is 254 g/mol. The minimum atomic E-state index is -0.0438. The number of nitrogens with one attached hydrogen (secondary N) is 1. The summed E-state index contributed by atoms with van der Waals surface area (Å²) in [5, 5.41) is 2.69. The van der Waals surface area contributed by atoms with Crippen molar-refractivity contribution in [3.05, 3.63) is 0 Å². The second-order valence-electron chi connectivity index (χ2n) is 6.21. The Bertz CT molecular complexity index is 359. The lowest BCUT2D eigenvalue weighted by Crippen LogP contribution is -2.46. The predicted molar refractivity (Wildman–Crippen MR) is 77.9 cm³/mol. The number of hydrogen-bond donors (Lipinski definition) is 2. The van der Waals surface area contributed by atoms with Gasteiger partial charge in [-0.1, -0.05) is 12.8 Å². The number of rotatable bonds is 3. The second kappa shape index (κ2) is 7.07. The minimum absolute atomic E-state index is 0.0438. The van der Waals surface area contributed by atoms with Crippen LogP contribution in [0.5, 0.6) is 0 Å². The van der Waals surface area contributed by atoms with Gasteiger partial charge in [-0.25, -0.2) is 0 Å². The first-order valence-corrected chi connectivity index (χ1v) is 7.86. The number of likely N-dealkylation sites (tertiary alicyclic amines) is 1. The molecule has 20 heavy (non-hydrogen) atoms. The van der Waals surface area contributed by atoms with Gasteiger partial charge in [0.25, 0.3) is 0 Å². The molecule has 3 unspecified atom stereocenters. The number of nitrogens with two attached hydrogens (primary N) is 1. The Morgan fingerprint density at radius 2 is 1.95 bits per heavy atom. The maximum atomic E-state index is 12.4. The highest BCUT2D eigenvalue weighted by Crippen LogP contribution is 2.27. The molecule has 3 atom stereocenters. The highest BCUT2D eigenvalue weighted by Gasteiger charge is 2.30. The smallest absolute Gasteiger partial charge is 0.224 e. The van der Waals surface area contributed by atoms with Crippen LogP contribution < -0.4 is 11.1 Å². The van der Waals surface area contributed by atoms with Crippen molar-refractivity contribution in [1.29, 1.82) is 0 Å². The number of carbonyl (C=O) groups excluding carboxylic acids is 2. The molecular formula is C15H27N3O2. The van der Waals surface area contributed by atoms with E-state index in [0.29, 0.717) is 18.9 Å². The number of carbonyl (C=O) groups is 2. The normalized spacial score (nSPS) is 30.9. The molecule has 2 amide bonds. The Balaban J connectivity index is 1.86. The van der Waals surface area contributed by atoms with Crippen LogP contribution in [0.3, 0.4) is 0 Å². The van der Waals surface area contributed by atoms with E-state index in [-0.39, 0.29) is 23.8 Å². The largest absolute Gasteiger partial charge is 0.359 e. The molecule has 0 bridgehead atoms. The van der Waals surface area contributed by atoms with E-state index in [9.17, 15) is 9.59 Å². The Morgan fingerprint density at radius 1 is 1.20 bits per heavy atom. The summed E-state index contributed by atoms with van der Waals surface area (Å²) in [4.78, 5) is 26.0. The van der Waals surface area contributed by atoms with Gasteiger partial charge in [0.1, 0.15) is 0 Å². The minimum Gasteiger partial charge on any atom is -0.359 e. The zero-order valence-corrected chi connectivity index (χ0v) is 12.4. The van der Waals surface area contributed by atoms with E-state index in [1.807, 2.05) is 4.90 Å². The van der Waals surface area contributed by atoms with Crippen molar-refractivity contribution in [3.8, 4) is 0 Å². The standard InChI is InChI=1S/C15H27N3O2/c1-17-15(20)12-6-4-8-18(10-12)14(19)9-11-5-2-3-7-13(11)16/h11-13H,2-10,16H2,1H3,(H,17,20). The molecule has 1 saturated heterocycles. The van der Waals surface area contributed by atoms with E-state index in [0.717, 1.165) is 32.2 Å². The maximum absolute atomic E-state index is 12.4. The SMILES string of the molecule is CNC(=O)C1CCCN(C(=O)CC2CCCCC2N)C1. The summed E-state index contributed by atoms with van der Waals surface area (Å²) in [7, 11) is 1.66. The average Bonchev–Trinajstić information content (AvgIpc) is 2.49. The molecule has 2 aliphatic rings. The number of amides is 2. The zero-order valence-electron chi connectivity index (χ0n) is 12.4. The molecule has 0 radical (unpaired) electrons. The molecule has 0 aromatic heterocycles. The third-order valence-electron chi connectivity index (χ3n) is 4.80. The Kier molecular flexibility index (Phi) is 5.40. The van der Waals surface area contributed by atoms with Gasteiger partial charge in [0.2, 0.25) is 11.8 Å². The molecule has 3 N–H and O–H groups in total. The van der Waals surface area contributed by atoms with Crippen LogP contribution in [0.25, 0.3) is 0 Å². The van der Waals surface area contributed by atoms with Crippen molar-refractivity contribution < 1.29 is 9.59 Å². The van der Waals surface area contributed by atoms with E-state index in [4.69, 9.17) is 5.73 Å². The molecule has 0 spiro atoms. The molecule has 1 aliphatic heterocycles. The quantitative estimate of drug-likeness (QED) is 0.806. The molecule has 1 saturated carbocycles. The number of hydrogen-bond acceptors (Lipinski definition) is 3. The van der Waals surface area contributed by atoms with Crippen LogP contribution in [0, 0.1) is 11.8 Å². The lowest BCUT2D eigenvalue weighted by molar-refractivity contribution is -0.136. The summed E-state index contributed by atoms with van der Waals surface area (Å²) in [5.74, 6) is 0.521. The molecule has 5 nitrogen and oxygen atoms in total. The Hall–Kier alpha value is -1.10. The molecule has 0 aromatic carbocycles. The van der Waals surface area contributed by atoms with Crippen molar-refractivity contribution in [2.75, 3.05) is 20.1 Å². The first-order valence-electron chi connectivity index (χ1n) is 7.86. The van der Waals surface area contributed by atoms with Gasteiger partial charge in [-0.15, -0.1) is 0 Å². The lowest BCUT2D eigenvalue weighted by atomic mass is 9.82. The maximum Gasteiger partial charge on any atom is 0.224 e. The number of nitrogens with zero attached hydrogens (tertiary/aromatic N) is 1. The molecule has 1 heterocycles. The monoisotopic (exact) mass is 281 g/mol. The van der Waals surface area contributed by atoms with Crippen LogP contribution in [0.15, 0.2) is 0 Å². The third kappa shape index (κ3) is 3.72. The van der Waals surface area contributed by atoms with Gasteiger partial charge < -0.3 is 16.0 Å². The molecule has 1 aliphatic carbocycles. The van der Waals surface area contributed by atoms with E-state index < -0.39 is 0 Å². The van der Waals surface area contributed by atoms with Crippen LogP contribution in [0.1, 0.15) is 44.9 Å².